The number of fused-ring (bicyclic) bond motifs is 4. The van der Waals surface area contributed by atoms with Gasteiger partial charge in [0.2, 0.25) is 0 Å². The molecule has 1 spiro atoms. The minimum Gasteiger partial charge on any atom is -0.494 e. The van der Waals surface area contributed by atoms with Crippen molar-refractivity contribution in [2.45, 2.75) is 90.1 Å². The van der Waals surface area contributed by atoms with Crippen LogP contribution < -0.4 is 19.1 Å². The largest absolute Gasteiger partial charge is 0.494 e. The lowest BCUT2D eigenvalue weighted by atomic mass is 9.76. The molecule has 4 aromatic rings. The van der Waals surface area contributed by atoms with Gasteiger partial charge in [0, 0.05) is 22.6 Å². The van der Waals surface area contributed by atoms with Gasteiger partial charge in [0.1, 0.15) is 23.9 Å². The molecule has 0 saturated heterocycles. The van der Waals surface area contributed by atoms with Crippen molar-refractivity contribution in [3.63, 3.8) is 0 Å². The third-order valence-corrected chi connectivity index (χ3v) is 9.66. The number of rotatable bonds is 17. The Morgan fingerprint density at radius 3 is 1.98 bits per heavy atom. The summed E-state index contributed by atoms with van der Waals surface area (Å²) < 4.78 is 17.7. The van der Waals surface area contributed by atoms with E-state index in [0.717, 1.165) is 97.7 Å². The number of unbranched alkanes of at least 4 members (excludes halogenated alkanes) is 4. The maximum absolute atomic E-state index is 13.2. The van der Waals surface area contributed by atoms with Crippen LogP contribution in [0.4, 0.5) is 0 Å². The molecule has 49 heavy (non-hydrogen) atoms. The lowest BCUT2D eigenvalue weighted by Crippen LogP contribution is -2.23. The van der Waals surface area contributed by atoms with E-state index in [1.165, 1.54) is 36.5 Å². The number of ether oxygens (including phenoxy) is 3. The molecule has 0 saturated carbocycles. The molecule has 4 aromatic carbocycles. The van der Waals surface area contributed by atoms with Crippen molar-refractivity contribution in [2.75, 3.05) is 13.2 Å². The van der Waals surface area contributed by atoms with Crippen LogP contribution in [0.3, 0.4) is 0 Å². The summed E-state index contributed by atoms with van der Waals surface area (Å²) in [6.45, 7) is 6.11. The third-order valence-electron chi connectivity index (χ3n) is 9.66. The Balaban J connectivity index is 1.12. The number of benzene rings is 4. The molecule has 2 aliphatic rings. The molecule has 0 amide bonds. The van der Waals surface area contributed by atoms with Crippen molar-refractivity contribution in [3.05, 3.63) is 124 Å². The second kappa shape index (κ2) is 16.7. The number of aryl methyl sites for hydroxylation is 2. The monoisotopic (exact) mass is 660 g/mol. The minimum absolute atomic E-state index is 0.310. The molecule has 6 nitrogen and oxygen atoms in total. The predicted molar refractivity (Wildman–Crippen MR) is 193 cm³/mol. The Bertz CT molecular complexity index is 1700. The Morgan fingerprint density at radius 1 is 0.694 bits per heavy atom. The molecule has 2 aliphatic carbocycles. The first kappa shape index (κ1) is 34.3. The number of carbonyl (C=O) groups excluding carboxylic acids is 1. The topological polar surface area (TPSA) is 63.2 Å². The molecule has 0 heterocycles. The maximum atomic E-state index is 13.2. The van der Waals surface area contributed by atoms with Crippen LogP contribution in [0.2, 0.25) is 0 Å². The van der Waals surface area contributed by atoms with E-state index in [2.05, 4.69) is 26.0 Å². The number of carbonyl (C=O) groups is 1. The quantitative estimate of drug-likeness (QED) is 0.0281. The van der Waals surface area contributed by atoms with Crippen molar-refractivity contribution in [1.82, 2.24) is 0 Å². The molecular weight excluding hydrogens is 612 g/mol. The number of hydrogen-bond acceptors (Lipinski definition) is 6. The van der Waals surface area contributed by atoms with Crippen LogP contribution in [0.25, 0.3) is 6.08 Å². The van der Waals surface area contributed by atoms with E-state index in [1.807, 2.05) is 72.8 Å². The van der Waals surface area contributed by atoms with Gasteiger partial charge >= 0.3 is 5.97 Å². The first-order valence-corrected chi connectivity index (χ1v) is 18.0. The molecule has 0 N–H and O–H groups in total. The van der Waals surface area contributed by atoms with Crippen LogP contribution >= 0.6 is 0 Å². The van der Waals surface area contributed by atoms with Gasteiger partial charge in [-0.05, 0) is 103 Å². The Hall–Kier alpha value is -4.55. The summed E-state index contributed by atoms with van der Waals surface area (Å²) in [7, 11) is 0. The van der Waals surface area contributed by atoms with Crippen LogP contribution in [0.1, 0.15) is 98.6 Å². The zero-order chi connectivity index (χ0) is 33.9. The van der Waals surface area contributed by atoms with E-state index >= 15 is 0 Å². The van der Waals surface area contributed by atoms with Gasteiger partial charge in [0.15, 0.2) is 5.75 Å². The first-order valence-electron chi connectivity index (χ1n) is 18.0. The average Bonchev–Trinajstić information content (AvgIpc) is 3.70. The van der Waals surface area contributed by atoms with Gasteiger partial charge in [-0.15, -0.1) is 0 Å². The zero-order valence-electron chi connectivity index (χ0n) is 28.9. The zero-order valence-corrected chi connectivity index (χ0v) is 28.9. The van der Waals surface area contributed by atoms with Crippen LogP contribution in [-0.4, -0.2) is 19.2 Å². The summed E-state index contributed by atoms with van der Waals surface area (Å²) in [5.74, 6) is 2.63. The van der Waals surface area contributed by atoms with Gasteiger partial charge in [-0.25, -0.2) is 4.79 Å². The fourth-order valence-electron chi connectivity index (χ4n) is 7.13. The van der Waals surface area contributed by atoms with E-state index in [9.17, 15) is 4.79 Å². The summed E-state index contributed by atoms with van der Waals surface area (Å²) in [4.78, 5) is 25.1. The highest BCUT2D eigenvalue weighted by Crippen LogP contribution is 2.57. The predicted octanol–water partition coefficient (Wildman–Crippen LogP) is 10.1. The fourth-order valence-corrected chi connectivity index (χ4v) is 7.13. The van der Waals surface area contributed by atoms with E-state index in [1.54, 1.807) is 6.08 Å². The van der Waals surface area contributed by atoms with E-state index in [-0.39, 0.29) is 5.41 Å². The van der Waals surface area contributed by atoms with Crippen molar-refractivity contribution in [1.29, 1.82) is 0 Å². The van der Waals surface area contributed by atoms with Gasteiger partial charge in [0.05, 0.1) is 13.2 Å². The van der Waals surface area contributed by atoms with Gasteiger partial charge in [-0.2, -0.15) is 4.89 Å². The van der Waals surface area contributed by atoms with E-state index < -0.39 is 5.97 Å². The van der Waals surface area contributed by atoms with Crippen molar-refractivity contribution in [2.24, 2.45) is 0 Å². The van der Waals surface area contributed by atoms with Crippen molar-refractivity contribution in [3.8, 4) is 23.0 Å². The molecule has 6 rings (SSSR count). The standard InChI is InChI=1S/C43H48O6/c1-3-5-7-8-30-46-36-20-15-32(16-21-36)19-24-40(44)48-38-13-9-11-34-25-27-43(41(34)38)28-26-35-12-10-14-39(42(35)43)49-47-31-33-17-22-37(23-18-33)45-29-6-4-2/h9-24H,3-8,25-31H2,1-2H3. The lowest BCUT2D eigenvalue weighted by molar-refractivity contribution is -0.218. The van der Waals surface area contributed by atoms with Crippen LogP contribution in [0, 0.1) is 0 Å². The Morgan fingerprint density at radius 2 is 1.31 bits per heavy atom. The summed E-state index contributed by atoms with van der Waals surface area (Å²) in [5.41, 5.74) is 6.29. The normalized spacial score (nSPS) is 16.1. The maximum Gasteiger partial charge on any atom is 0.336 e. The smallest absolute Gasteiger partial charge is 0.336 e. The second-order valence-corrected chi connectivity index (χ2v) is 13.1. The highest BCUT2D eigenvalue weighted by Gasteiger charge is 2.48. The lowest BCUT2D eigenvalue weighted by Gasteiger charge is -2.29. The van der Waals surface area contributed by atoms with Gasteiger partial charge in [-0.1, -0.05) is 88.1 Å². The second-order valence-electron chi connectivity index (χ2n) is 13.1. The minimum atomic E-state index is -0.403. The molecule has 1 atom stereocenters. The third kappa shape index (κ3) is 8.37. The highest BCUT2D eigenvalue weighted by molar-refractivity contribution is 5.89. The molecule has 0 bridgehead atoms. The molecule has 0 aliphatic heterocycles. The summed E-state index contributed by atoms with van der Waals surface area (Å²) >= 11 is 0. The molecule has 0 radical (unpaired) electrons. The number of esters is 1. The fraction of sp³-hybridized carbons (Fsp3) is 0.372. The summed E-state index contributed by atoms with van der Waals surface area (Å²) in [6, 6.07) is 28.0. The van der Waals surface area contributed by atoms with Crippen LogP contribution in [-0.2, 0) is 34.5 Å². The van der Waals surface area contributed by atoms with Crippen molar-refractivity contribution < 1.29 is 28.8 Å². The summed E-state index contributed by atoms with van der Waals surface area (Å²) in [6.07, 6.45) is 13.8. The van der Waals surface area contributed by atoms with Gasteiger partial charge < -0.3 is 19.1 Å². The first-order chi connectivity index (χ1) is 24.1. The van der Waals surface area contributed by atoms with Gasteiger partial charge in [-0.3, -0.25) is 0 Å². The molecule has 1 unspecified atom stereocenters. The Kier molecular flexibility index (Phi) is 11.7. The number of hydrogen-bond donors (Lipinski definition) is 0. The molecule has 6 heteroatoms. The molecule has 0 fully saturated rings. The summed E-state index contributed by atoms with van der Waals surface area (Å²) in [5, 5.41) is 0. The molecule has 0 aromatic heterocycles. The highest BCUT2D eigenvalue weighted by atomic mass is 17.2. The van der Waals surface area contributed by atoms with Crippen LogP contribution in [0.15, 0.2) is 91.0 Å². The van der Waals surface area contributed by atoms with Gasteiger partial charge in [0.25, 0.3) is 0 Å². The molecule has 256 valence electrons. The van der Waals surface area contributed by atoms with Crippen LogP contribution in [0.5, 0.6) is 23.0 Å². The van der Waals surface area contributed by atoms with E-state index in [4.69, 9.17) is 24.0 Å². The van der Waals surface area contributed by atoms with E-state index in [0.29, 0.717) is 12.4 Å². The van der Waals surface area contributed by atoms with Crippen molar-refractivity contribution >= 4 is 12.0 Å². The SMILES string of the molecule is CCCCCCOc1ccc(C=CC(=O)Oc2cccc3c2C2(CCc4cccc(OOCc5ccc(OCCCC)cc5)c42)CC3)cc1. The Labute approximate surface area is 290 Å². The average molecular weight is 661 g/mol. The molecular formula is C43H48O6.